The Morgan fingerprint density at radius 2 is 1.29 bits per heavy atom. The predicted octanol–water partition coefficient (Wildman–Crippen LogP) is 10.6. The van der Waals surface area contributed by atoms with Gasteiger partial charge in [-0.1, -0.05) is 91.0 Å². The lowest BCUT2D eigenvalue weighted by molar-refractivity contribution is 0.870. The molecule has 0 atom stereocenters. The Hall–Kier alpha value is -6.36. The van der Waals surface area contributed by atoms with E-state index in [0.29, 0.717) is 12.0 Å². The number of hydrogen-bond acceptors (Lipinski definition) is 2. The first-order chi connectivity index (χ1) is 23.7. The lowest BCUT2D eigenvalue weighted by atomic mass is 9.96. The fourth-order valence-corrected chi connectivity index (χ4v) is 7.79. The summed E-state index contributed by atoms with van der Waals surface area (Å²) in [4.78, 5) is 0. The first kappa shape index (κ1) is 27.9. The number of rotatable bonds is 4. The maximum Gasteiger partial charge on any atom is 0.101 e. The SMILES string of the molecule is N#CC1=Cc2c(n(-c3ccc(-c4ccc(-c5ccccc5-n5c6c(c7ccccc75)CCC=C6)cc4)cc3C#N)c3ccccc23)CC1. The van der Waals surface area contributed by atoms with E-state index in [9.17, 15) is 10.5 Å². The molecule has 2 aromatic heterocycles. The second-order valence-electron chi connectivity index (χ2n) is 12.6. The van der Waals surface area contributed by atoms with Crippen LogP contribution in [0.15, 0.2) is 127 Å². The Bertz CT molecular complexity index is 2570. The lowest BCUT2D eigenvalue weighted by Crippen LogP contribution is -2.06. The van der Waals surface area contributed by atoms with Gasteiger partial charge in [0.1, 0.15) is 6.07 Å². The van der Waals surface area contributed by atoms with Gasteiger partial charge >= 0.3 is 0 Å². The average molecular weight is 615 g/mol. The number of aryl methyl sites for hydroxylation is 1. The molecule has 0 bridgehead atoms. The van der Waals surface area contributed by atoms with Crippen LogP contribution in [0, 0.1) is 22.7 Å². The van der Waals surface area contributed by atoms with Gasteiger partial charge in [-0.3, -0.25) is 0 Å². The first-order valence-electron chi connectivity index (χ1n) is 16.5. The monoisotopic (exact) mass is 614 g/mol. The van der Waals surface area contributed by atoms with Gasteiger partial charge in [-0.2, -0.15) is 10.5 Å². The fourth-order valence-electron chi connectivity index (χ4n) is 7.79. The summed E-state index contributed by atoms with van der Waals surface area (Å²) in [7, 11) is 0. The minimum atomic E-state index is 0.623. The van der Waals surface area contributed by atoms with Crippen LogP contribution in [-0.2, 0) is 12.8 Å². The third-order valence-electron chi connectivity index (χ3n) is 10.00. The van der Waals surface area contributed by atoms with Crippen LogP contribution in [0.2, 0.25) is 0 Å². The van der Waals surface area contributed by atoms with E-state index in [1.165, 1.54) is 33.4 Å². The molecular weight excluding hydrogens is 585 g/mol. The largest absolute Gasteiger partial charge is 0.312 e. The van der Waals surface area contributed by atoms with Crippen molar-refractivity contribution in [3.05, 3.63) is 155 Å². The Morgan fingerprint density at radius 3 is 2.10 bits per heavy atom. The zero-order valence-corrected chi connectivity index (χ0v) is 26.3. The molecule has 4 heteroatoms. The Morgan fingerprint density at radius 1 is 0.583 bits per heavy atom. The van der Waals surface area contributed by atoms with Gasteiger partial charge in [-0.25, -0.2) is 0 Å². The van der Waals surface area contributed by atoms with Gasteiger partial charge in [0, 0.05) is 38.9 Å². The molecule has 226 valence electrons. The van der Waals surface area contributed by atoms with Crippen molar-refractivity contribution in [1.29, 1.82) is 10.5 Å². The molecule has 0 radical (unpaired) electrons. The highest BCUT2D eigenvalue weighted by atomic mass is 15.0. The van der Waals surface area contributed by atoms with Crippen LogP contribution in [0.4, 0.5) is 0 Å². The third-order valence-corrected chi connectivity index (χ3v) is 10.00. The van der Waals surface area contributed by atoms with Gasteiger partial charge in [0.05, 0.1) is 34.0 Å². The van der Waals surface area contributed by atoms with Gasteiger partial charge in [0.2, 0.25) is 0 Å². The molecule has 48 heavy (non-hydrogen) atoms. The second-order valence-corrected chi connectivity index (χ2v) is 12.6. The minimum absolute atomic E-state index is 0.623. The number of nitrogens with zero attached hydrogens (tertiary/aromatic N) is 4. The number of hydrogen-bond donors (Lipinski definition) is 0. The van der Waals surface area contributed by atoms with Crippen LogP contribution in [0.3, 0.4) is 0 Å². The number of fused-ring (bicyclic) bond motifs is 6. The molecule has 0 saturated carbocycles. The molecule has 2 aliphatic carbocycles. The average Bonchev–Trinajstić information content (AvgIpc) is 3.67. The van der Waals surface area contributed by atoms with Crippen LogP contribution in [0.25, 0.3) is 67.6 Å². The topological polar surface area (TPSA) is 57.4 Å². The van der Waals surface area contributed by atoms with Gasteiger partial charge < -0.3 is 9.13 Å². The molecule has 7 aromatic rings. The summed E-state index contributed by atoms with van der Waals surface area (Å²) >= 11 is 0. The van der Waals surface area contributed by atoms with E-state index in [2.05, 4.69) is 130 Å². The third kappa shape index (κ3) is 4.28. The number of para-hydroxylation sites is 3. The van der Waals surface area contributed by atoms with Crippen LogP contribution in [0.1, 0.15) is 40.9 Å². The molecule has 4 nitrogen and oxygen atoms in total. The molecule has 0 N–H and O–H groups in total. The summed E-state index contributed by atoms with van der Waals surface area (Å²) < 4.78 is 4.64. The highest BCUT2D eigenvalue weighted by Crippen LogP contribution is 2.39. The maximum absolute atomic E-state index is 10.4. The van der Waals surface area contributed by atoms with E-state index in [1.807, 2.05) is 24.3 Å². The summed E-state index contributed by atoms with van der Waals surface area (Å²) in [6.45, 7) is 0. The summed E-state index contributed by atoms with van der Waals surface area (Å²) in [6.07, 6.45) is 10.2. The van der Waals surface area contributed by atoms with E-state index >= 15 is 0 Å². The number of aromatic nitrogens is 2. The fraction of sp³-hybridized carbons (Fsp3) is 0.0909. The van der Waals surface area contributed by atoms with Crippen molar-refractivity contribution in [1.82, 2.24) is 9.13 Å². The van der Waals surface area contributed by atoms with Crippen LogP contribution in [0.5, 0.6) is 0 Å². The summed E-state index contributed by atoms with van der Waals surface area (Å²) in [5.74, 6) is 0. The molecule has 0 amide bonds. The molecule has 2 heterocycles. The van der Waals surface area contributed by atoms with Gasteiger partial charge in [0.25, 0.3) is 0 Å². The van der Waals surface area contributed by atoms with Gasteiger partial charge in [-0.05, 0) is 90.4 Å². The maximum atomic E-state index is 10.4. The molecule has 9 rings (SSSR count). The Labute approximate surface area is 279 Å². The molecule has 0 unspecified atom stereocenters. The molecule has 5 aromatic carbocycles. The number of nitriles is 2. The van der Waals surface area contributed by atoms with Crippen molar-refractivity contribution in [3.8, 4) is 45.8 Å². The van der Waals surface area contributed by atoms with Crippen LogP contribution >= 0.6 is 0 Å². The highest BCUT2D eigenvalue weighted by molar-refractivity contribution is 5.95. The summed E-state index contributed by atoms with van der Waals surface area (Å²) in [5.41, 5.74) is 15.1. The van der Waals surface area contributed by atoms with E-state index in [4.69, 9.17) is 0 Å². The quantitative estimate of drug-likeness (QED) is 0.198. The molecule has 0 fully saturated rings. The summed E-state index contributed by atoms with van der Waals surface area (Å²) in [6, 6.07) is 45.4. The normalized spacial score (nSPS) is 13.5. The molecule has 0 spiro atoms. The summed E-state index contributed by atoms with van der Waals surface area (Å²) in [5, 5.41) is 22.4. The Balaban J connectivity index is 1.11. The van der Waals surface area contributed by atoms with Crippen LogP contribution < -0.4 is 0 Å². The lowest BCUT2D eigenvalue weighted by Gasteiger charge is -2.17. The van der Waals surface area contributed by atoms with Crippen molar-refractivity contribution < 1.29 is 0 Å². The number of benzene rings is 5. The van der Waals surface area contributed by atoms with Crippen molar-refractivity contribution >= 4 is 34.0 Å². The zero-order chi connectivity index (χ0) is 32.2. The Kier molecular flexibility index (Phi) is 6.49. The second kappa shape index (κ2) is 11.2. The minimum Gasteiger partial charge on any atom is -0.312 e. The molecule has 0 saturated heterocycles. The zero-order valence-electron chi connectivity index (χ0n) is 26.3. The number of allylic oxidation sites excluding steroid dienone is 2. The van der Waals surface area contributed by atoms with E-state index in [0.717, 1.165) is 69.4 Å². The standard InChI is InChI=1S/C44H30N4/c45-27-29-17-23-44-38(25-29)37-12-4-8-16-43(37)47(44)39-24-22-32(26-33(39)28-46)30-18-20-31(21-19-30)34-9-1-5-13-40(34)48-41-14-6-2-10-35(41)36-11-3-7-15-42(36)48/h1-2,4-10,12-16,18-22,24-26H,3,11,17,23H2. The smallest absolute Gasteiger partial charge is 0.101 e. The first-order valence-corrected chi connectivity index (χ1v) is 16.5. The highest BCUT2D eigenvalue weighted by Gasteiger charge is 2.23. The van der Waals surface area contributed by atoms with E-state index in [-0.39, 0.29) is 0 Å². The van der Waals surface area contributed by atoms with E-state index < -0.39 is 0 Å². The van der Waals surface area contributed by atoms with Crippen molar-refractivity contribution in [3.63, 3.8) is 0 Å². The predicted molar refractivity (Wildman–Crippen MR) is 195 cm³/mol. The van der Waals surface area contributed by atoms with Crippen molar-refractivity contribution in [2.24, 2.45) is 0 Å². The molecule has 0 aliphatic heterocycles. The molecule has 2 aliphatic rings. The van der Waals surface area contributed by atoms with Gasteiger partial charge in [0.15, 0.2) is 0 Å². The van der Waals surface area contributed by atoms with Crippen molar-refractivity contribution in [2.75, 3.05) is 0 Å². The van der Waals surface area contributed by atoms with E-state index in [1.54, 1.807) is 0 Å². The molecular formula is C44H30N4. The van der Waals surface area contributed by atoms with Crippen LogP contribution in [-0.4, -0.2) is 9.13 Å². The van der Waals surface area contributed by atoms with Gasteiger partial charge in [-0.15, -0.1) is 0 Å². The van der Waals surface area contributed by atoms with Crippen molar-refractivity contribution in [2.45, 2.75) is 25.7 Å².